The molecule has 0 unspecified atom stereocenters. The third kappa shape index (κ3) is 2.44. The number of nitrogens with two attached hydrogens (primary N) is 1. The van der Waals surface area contributed by atoms with E-state index in [1.54, 1.807) is 18.3 Å². The predicted molar refractivity (Wildman–Crippen MR) is 47.9 cm³/mol. The van der Waals surface area contributed by atoms with E-state index in [-0.39, 0.29) is 12.6 Å². The van der Waals surface area contributed by atoms with Crippen LogP contribution in [0.3, 0.4) is 0 Å². The van der Waals surface area contributed by atoms with E-state index in [1.807, 2.05) is 0 Å². The highest BCUT2D eigenvalue weighted by Gasteiger charge is 2.05. The summed E-state index contributed by atoms with van der Waals surface area (Å²) in [4.78, 5) is 4.03. The van der Waals surface area contributed by atoms with Gasteiger partial charge in [-0.3, -0.25) is 4.98 Å². The Labute approximate surface area is 76.2 Å². The maximum Gasteiger partial charge on any atom is 0.0589 e. The van der Waals surface area contributed by atoms with Gasteiger partial charge >= 0.3 is 0 Å². The molecular formula is C8H11ClN2O. The Balaban J connectivity index is 2.68. The molecule has 0 radical (unpaired) electrons. The van der Waals surface area contributed by atoms with E-state index in [2.05, 4.69) is 4.98 Å². The smallest absolute Gasteiger partial charge is 0.0589 e. The highest BCUT2D eigenvalue weighted by Crippen LogP contribution is 2.13. The molecule has 66 valence electrons. The van der Waals surface area contributed by atoms with Gasteiger partial charge in [0.05, 0.1) is 10.7 Å². The third-order valence-corrected chi connectivity index (χ3v) is 1.79. The van der Waals surface area contributed by atoms with E-state index in [9.17, 15) is 0 Å². The summed E-state index contributed by atoms with van der Waals surface area (Å²) < 4.78 is 0. The number of hydrogen-bond acceptors (Lipinski definition) is 3. The normalized spacial score (nSPS) is 12.9. The standard InChI is InChI=1S/C8H11ClN2O/c9-6-1-2-8(11-5-6)7(10)3-4-12/h1-2,5,7,12H,3-4,10H2/t7-/m1/s1. The minimum atomic E-state index is -0.202. The lowest BCUT2D eigenvalue weighted by molar-refractivity contribution is 0.275. The van der Waals surface area contributed by atoms with E-state index in [4.69, 9.17) is 22.4 Å². The molecule has 0 amide bonds. The number of aliphatic hydroxyl groups is 1. The first-order valence-corrected chi connectivity index (χ1v) is 4.09. The lowest BCUT2D eigenvalue weighted by Gasteiger charge is -2.08. The molecule has 1 atom stereocenters. The fourth-order valence-electron chi connectivity index (χ4n) is 0.894. The van der Waals surface area contributed by atoms with E-state index in [0.29, 0.717) is 11.4 Å². The Morgan fingerprint density at radius 3 is 2.83 bits per heavy atom. The largest absolute Gasteiger partial charge is 0.396 e. The molecule has 12 heavy (non-hydrogen) atoms. The van der Waals surface area contributed by atoms with Crippen LogP contribution in [0.4, 0.5) is 0 Å². The highest BCUT2D eigenvalue weighted by molar-refractivity contribution is 6.30. The van der Waals surface area contributed by atoms with Crippen LogP contribution < -0.4 is 5.73 Å². The summed E-state index contributed by atoms with van der Waals surface area (Å²) in [6.07, 6.45) is 2.07. The van der Waals surface area contributed by atoms with Gasteiger partial charge in [0.1, 0.15) is 0 Å². The molecule has 4 heteroatoms. The van der Waals surface area contributed by atoms with Gasteiger partial charge in [-0.1, -0.05) is 11.6 Å². The number of rotatable bonds is 3. The zero-order valence-corrected chi connectivity index (χ0v) is 7.33. The summed E-state index contributed by atoms with van der Waals surface area (Å²) in [6.45, 7) is 0.0749. The second-order valence-electron chi connectivity index (χ2n) is 2.52. The van der Waals surface area contributed by atoms with Crippen LogP contribution in [0.1, 0.15) is 18.2 Å². The average molecular weight is 187 g/mol. The van der Waals surface area contributed by atoms with Crippen LogP contribution in [0.25, 0.3) is 0 Å². The van der Waals surface area contributed by atoms with Gasteiger partial charge in [-0.25, -0.2) is 0 Å². The van der Waals surface area contributed by atoms with Crippen molar-refractivity contribution in [3.8, 4) is 0 Å². The molecule has 3 N–H and O–H groups in total. The van der Waals surface area contributed by atoms with Crippen molar-refractivity contribution in [2.45, 2.75) is 12.5 Å². The molecule has 1 heterocycles. The van der Waals surface area contributed by atoms with Gasteiger partial charge in [-0.05, 0) is 18.6 Å². The van der Waals surface area contributed by atoms with Crippen LogP contribution >= 0.6 is 11.6 Å². The van der Waals surface area contributed by atoms with Gasteiger partial charge in [-0.2, -0.15) is 0 Å². The van der Waals surface area contributed by atoms with Crippen LogP contribution in [-0.4, -0.2) is 16.7 Å². The summed E-state index contributed by atoms with van der Waals surface area (Å²) in [6, 6.07) is 3.30. The van der Waals surface area contributed by atoms with E-state index in [0.717, 1.165) is 5.69 Å². The molecule has 1 rings (SSSR count). The Bertz CT molecular complexity index is 237. The quantitative estimate of drug-likeness (QED) is 0.744. The number of hydrogen-bond donors (Lipinski definition) is 2. The van der Waals surface area contributed by atoms with Crippen LogP contribution in [0.5, 0.6) is 0 Å². The van der Waals surface area contributed by atoms with Crippen LogP contribution in [0, 0.1) is 0 Å². The molecule has 0 fully saturated rings. The number of halogens is 1. The highest BCUT2D eigenvalue weighted by atomic mass is 35.5. The van der Waals surface area contributed by atoms with Crippen molar-refractivity contribution in [2.24, 2.45) is 5.73 Å². The molecule has 0 aliphatic heterocycles. The molecular weight excluding hydrogens is 176 g/mol. The van der Waals surface area contributed by atoms with Gasteiger partial charge in [0, 0.05) is 18.8 Å². The molecule has 0 saturated heterocycles. The molecule has 0 saturated carbocycles. The molecule has 0 spiro atoms. The summed E-state index contributed by atoms with van der Waals surface area (Å²) >= 11 is 5.64. The van der Waals surface area contributed by atoms with Crippen molar-refractivity contribution < 1.29 is 5.11 Å². The number of aliphatic hydroxyl groups excluding tert-OH is 1. The van der Waals surface area contributed by atoms with E-state index >= 15 is 0 Å². The zero-order valence-electron chi connectivity index (χ0n) is 6.57. The maximum absolute atomic E-state index is 8.62. The van der Waals surface area contributed by atoms with Crippen LogP contribution in [0.15, 0.2) is 18.3 Å². The first-order chi connectivity index (χ1) is 5.74. The van der Waals surface area contributed by atoms with E-state index in [1.165, 1.54) is 0 Å². The van der Waals surface area contributed by atoms with Crippen molar-refractivity contribution >= 4 is 11.6 Å². The fourth-order valence-corrected chi connectivity index (χ4v) is 1.01. The lowest BCUT2D eigenvalue weighted by Crippen LogP contribution is -2.13. The number of nitrogens with zero attached hydrogens (tertiary/aromatic N) is 1. The van der Waals surface area contributed by atoms with Crippen molar-refractivity contribution in [1.82, 2.24) is 4.98 Å². The Hall–Kier alpha value is -0.640. The second-order valence-corrected chi connectivity index (χ2v) is 2.96. The van der Waals surface area contributed by atoms with Crippen LogP contribution in [0.2, 0.25) is 5.02 Å². The van der Waals surface area contributed by atoms with Gasteiger partial charge in [0.15, 0.2) is 0 Å². The molecule has 3 nitrogen and oxygen atoms in total. The second kappa shape index (κ2) is 4.40. The first kappa shape index (κ1) is 9.45. The SMILES string of the molecule is N[C@H](CCO)c1ccc(Cl)cn1. The maximum atomic E-state index is 8.62. The van der Waals surface area contributed by atoms with Crippen molar-refractivity contribution in [2.75, 3.05) is 6.61 Å². The topological polar surface area (TPSA) is 59.1 Å². The summed E-state index contributed by atoms with van der Waals surface area (Å²) in [5, 5.41) is 9.21. The van der Waals surface area contributed by atoms with Gasteiger partial charge in [0.25, 0.3) is 0 Å². The van der Waals surface area contributed by atoms with Crippen molar-refractivity contribution in [3.05, 3.63) is 29.0 Å². The van der Waals surface area contributed by atoms with E-state index < -0.39 is 0 Å². The Morgan fingerprint density at radius 1 is 1.58 bits per heavy atom. The summed E-state index contributed by atoms with van der Waals surface area (Å²) in [5.41, 5.74) is 6.45. The van der Waals surface area contributed by atoms with Crippen molar-refractivity contribution in [1.29, 1.82) is 0 Å². The molecule has 1 aromatic rings. The Morgan fingerprint density at radius 2 is 2.33 bits per heavy atom. The molecule has 0 bridgehead atoms. The third-order valence-electron chi connectivity index (χ3n) is 1.57. The molecule has 0 aliphatic rings. The van der Waals surface area contributed by atoms with Gasteiger partial charge < -0.3 is 10.8 Å². The lowest BCUT2D eigenvalue weighted by atomic mass is 10.1. The predicted octanol–water partition coefficient (Wildman–Crippen LogP) is 1.12. The zero-order chi connectivity index (χ0) is 8.97. The number of aromatic nitrogens is 1. The monoisotopic (exact) mass is 186 g/mol. The molecule has 0 aromatic carbocycles. The Kier molecular flexibility index (Phi) is 3.47. The minimum Gasteiger partial charge on any atom is -0.396 e. The van der Waals surface area contributed by atoms with Gasteiger partial charge in [-0.15, -0.1) is 0 Å². The average Bonchev–Trinajstić information content (AvgIpc) is 2.06. The first-order valence-electron chi connectivity index (χ1n) is 3.72. The van der Waals surface area contributed by atoms with Gasteiger partial charge in [0.2, 0.25) is 0 Å². The minimum absolute atomic E-state index is 0.0749. The fraction of sp³-hybridized carbons (Fsp3) is 0.375. The number of pyridine rings is 1. The summed E-state index contributed by atoms with van der Waals surface area (Å²) in [5.74, 6) is 0. The summed E-state index contributed by atoms with van der Waals surface area (Å²) in [7, 11) is 0. The molecule has 0 aliphatic carbocycles. The molecule has 1 aromatic heterocycles. The van der Waals surface area contributed by atoms with Crippen LogP contribution in [-0.2, 0) is 0 Å². The van der Waals surface area contributed by atoms with Crippen molar-refractivity contribution in [3.63, 3.8) is 0 Å².